The van der Waals surface area contributed by atoms with Gasteiger partial charge in [0.1, 0.15) is 5.75 Å². The van der Waals surface area contributed by atoms with E-state index in [4.69, 9.17) is 4.74 Å². The molecule has 0 unspecified atom stereocenters. The van der Waals surface area contributed by atoms with Crippen molar-refractivity contribution in [3.63, 3.8) is 0 Å². The molecule has 4 nitrogen and oxygen atoms in total. The van der Waals surface area contributed by atoms with Crippen LogP contribution in [0.3, 0.4) is 0 Å². The van der Waals surface area contributed by atoms with Gasteiger partial charge in [-0.25, -0.2) is 4.98 Å². The molecule has 0 aliphatic carbocycles. The number of carbonyl (C=O) groups excluding carboxylic acids is 1. The number of carbonyl (C=O) groups is 1. The van der Waals surface area contributed by atoms with Crippen molar-refractivity contribution in [1.29, 1.82) is 0 Å². The van der Waals surface area contributed by atoms with Crippen molar-refractivity contribution in [3.05, 3.63) is 57.4 Å². The first-order chi connectivity index (χ1) is 12.4. The molecule has 0 bridgehead atoms. The largest absolute Gasteiger partial charge is 0.496 e. The van der Waals surface area contributed by atoms with Gasteiger partial charge < -0.3 is 4.74 Å². The van der Waals surface area contributed by atoms with E-state index >= 15 is 0 Å². The molecule has 0 radical (unpaired) electrons. The van der Waals surface area contributed by atoms with Crippen LogP contribution in [0.5, 0.6) is 5.75 Å². The number of aromatic nitrogens is 1. The Bertz CT molecular complexity index is 995. The molecule has 3 aromatic rings. The van der Waals surface area contributed by atoms with E-state index in [9.17, 15) is 4.79 Å². The third-order valence-corrected chi connectivity index (χ3v) is 7.86. The minimum absolute atomic E-state index is 0.190. The fourth-order valence-corrected chi connectivity index (χ4v) is 5.68. The number of hydrogen-bond donors (Lipinski definition) is 1. The standard InChI is InChI=1S/C17H10Br2I2N2O2S/c1-25-14-3-2-8(4-11(14)18)13-7-26-17(22-13)23-16(24)10-5-9(20)6-12(21)15(10)19/h2-7H,1H3,(H,22,23,24). The van der Waals surface area contributed by atoms with Crippen LogP contribution in [0.15, 0.2) is 44.7 Å². The molecule has 0 aliphatic heterocycles. The Morgan fingerprint density at radius 1 is 1.23 bits per heavy atom. The molecule has 0 spiro atoms. The van der Waals surface area contributed by atoms with E-state index in [2.05, 4.69) is 87.3 Å². The van der Waals surface area contributed by atoms with Crippen LogP contribution in [0.25, 0.3) is 11.3 Å². The quantitative estimate of drug-likeness (QED) is 0.239. The molecule has 0 atom stereocenters. The van der Waals surface area contributed by atoms with E-state index in [1.807, 2.05) is 35.7 Å². The summed E-state index contributed by atoms with van der Waals surface area (Å²) in [7, 11) is 1.63. The summed E-state index contributed by atoms with van der Waals surface area (Å²) in [5.41, 5.74) is 2.33. The molecule has 26 heavy (non-hydrogen) atoms. The van der Waals surface area contributed by atoms with E-state index < -0.39 is 0 Å². The number of halogens is 4. The zero-order valence-electron chi connectivity index (χ0n) is 13.1. The summed E-state index contributed by atoms with van der Waals surface area (Å²) in [4.78, 5) is 17.1. The van der Waals surface area contributed by atoms with E-state index in [1.165, 1.54) is 11.3 Å². The highest BCUT2D eigenvalue weighted by molar-refractivity contribution is 14.1. The Hall–Kier alpha value is -0.240. The van der Waals surface area contributed by atoms with Crippen molar-refractivity contribution < 1.29 is 9.53 Å². The summed E-state index contributed by atoms with van der Waals surface area (Å²) in [5.74, 6) is 0.570. The van der Waals surface area contributed by atoms with E-state index in [0.717, 1.165) is 33.1 Å². The topological polar surface area (TPSA) is 51.2 Å². The third-order valence-electron chi connectivity index (χ3n) is 3.41. The predicted octanol–water partition coefficient (Wildman–Crippen LogP) is 6.81. The lowest BCUT2D eigenvalue weighted by Gasteiger charge is -2.07. The van der Waals surface area contributed by atoms with Gasteiger partial charge in [-0.05, 0) is 107 Å². The molecule has 0 saturated carbocycles. The third kappa shape index (κ3) is 4.59. The number of nitrogens with zero attached hydrogens (tertiary/aromatic N) is 1. The molecule has 1 heterocycles. The lowest BCUT2D eigenvalue weighted by molar-refractivity contribution is 0.102. The molecule has 2 aromatic carbocycles. The summed E-state index contributed by atoms with van der Waals surface area (Å²) in [6.07, 6.45) is 0. The normalized spacial score (nSPS) is 10.7. The smallest absolute Gasteiger partial charge is 0.258 e. The monoisotopic (exact) mass is 718 g/mol. The van der Waals surface area contributed by atoms with Gasteiger partial charge in [-0.15, -0.1) is 11.3 Å². The Morgan fingerprint density at radius 3 is 2.69 bits per heavy atom. The van der Waals surface area contributed by atoms with Crippen molar-refractivity contribution in [2.24, 2.45) is 0 Å². The second-order valence-electron chi connectivity index (χ2n) is 5.09. The number of ether oxygens (including phenoxy) is 1. The van der Waals surface area contributed by atoms with Gasteiger partial charge in [0.05, 0.1) is 22.8 Å². The molecule has 1 N–H and O–H groups in total. The molecular weight excluding hydrogens is 710 g/mol. The summed E-state index contributed by atoms with van der Waals surface area (Å²) >= 11 is 12.8. The number of benzene rings is 2. The number of hydrogen-bond acceptors (Lipinski definition) is 4. The highest BCUT2D eigenvalue weighted by Gasteiger charge is 2.16. The fourth-order valence-electron chi connectivity index (χ4n) is 2.18. The summed E-state index contributed by atoms with van der Waals surface area (Å²) in [5, 5.41) is 5.34. The van der Waals surface area contributed by atoms with Crippen LogP contribution in [0, 0.1) is 7.14 Å². The van der Waals surface area contributed by atoms with Crippen molar-refractivity contribution in [2.45, 2.75) is 0 Å². The van der Waals surface area contributed by atoms with Crippen LogP contribution in [-0.2, 0) is 0 Å². The molecule has 134 valence electrons. The van der Waals surface area contributed by atoms with Gasteiger partial charge in [0, 0.05) is 22.6 Å². The van der Waals surface area contributed by atoms with Crippen LogP contribution in [0.1, 0.15) is 10.4 Å². The fraction of sp³-hybridized carbons (Fsp3) is 0.0588. The summed E-state index contributed by atoms with van der Waals surface area (Å²) < 4.78 is 8.88. The second-order valence-corrected chi connectivity index (χ2v) is 10.0. The number of nitrogens with one attached hydrogen (secondary N) is 1. The Kier molecular flexibility index (Phi) is 6.97. The van der Waals surface area contributed by atoms with Crippen molar-refractivity contribution in [3.8, 4) is 17.0 Å². The first-order valence-corrected chi connectivity index (χ1v) is 11.8. The Labute approximate surface area is 198 Å². The highest BCUT2D eigenvalue weighted by atomic mass is 127. The lowest BCUT2D eigenvalue weighted by atomic mass is 10.2. The average molecular weight is 720 g/mol. The summed E-state index contributed by atoms with van der Waals surface area (Å²) in [6, 6.07) is 9.60. The average Bonchev–Trinajstić information content (AvgIpc) is 3.06. The minimum Gasteiger partial charge on any atom is -0.496 e. The number of thiazole rings is 1. The first kappa shape index (κ1) is 20.5. The highest BCUT2D eigenvalue weighted by Crippen LogP contribution is 2.32. The zero-order valence-corrected chi connectivity index (χ0v) is 21.5. The first-order valence-electron chi connectivity index (χ1n) is 7.14. The minimum atomic E-state index is -0.190. The molecule has 1 aromatic heterocycles. The number of methoxy groups -OCH3 is 1. The zero-order chi connectivity index (χ0) is 18.8. The molecular formula is C17H10Br2I2N2O2S. The maximum atomic E-state index is 12.6. The van der Waals surface area contributed by atoms with Crippen LogP contribution in [0.2, 0.25) is 0 Å². The maximum absolute atomic E-state index is 12.6. The van der Waals surface area contributed by atoms with Crippen LogP contribution in [-0.4, -0.2) is 18.0 Å². The van der Waals surface area contributed by atoms with Crippen LogP contribution < -0.4 is 10.1 Å². The number of rotatable bonds is 4. The molecule has 0 aliphatic rings. The molecule has 0 fully saturated rings. The van der Waals surface area contributed by atoms with Gasteiger partial charge >= 0.3 is 0 Å². The SMILES string of the molecule is COc1ccc(-c2csc(NC(=O)c3cc(I)cc(I)c3Br)n2)cc1Br. The molecule has 0 saturated heterocycles. The van der Waals surface area contributed by atoms with Gasteiger partial charge in [-0.1, -0.05) is 0 Å². The second kappa shape index (κ2) is 8.84. The van der Waals surface area contributed by atoms with Crippen LogP contribution in [0.4, 0.5) is 5.13 Å². The Morgan fingerprint density at radius 2 is 2.00 bits per heavy atom. The van der Waals surface area contributed by atoms with E-state index in [0.29, 0.717) is 10.7 Å². The number of amides is 1. The summed E-state index contributed by atoms with van der Waals surface area (Å²) in [6.45, 7) is 0. The van der Waals surface area contributed by atoms with Gasteiger partial charge in [0.15, 0.2) is 5.13 Å². The van der Waals surface area contributed by atoms with Gasteiger partial charge in [-0.3, -0.25) is 10.1 Å². The van der Waals surface area contributed by atoms with Gasteiger partial charge in [0.25, 0.3) is 5.91 Å². The molecule has 3 rings (SSSR count). The molecule has 1 amide bonds. The van der Waals surface area contributed by atoms with Gasteiger partial charge in [-0.2, -0.15) is 0 Å². The lowest BCUT2D eigenvalue weighted by Crippen LogP contribution is -2.13. The molecule has 9 heteroatoms. The predicted molar refractivity (Wildman–Crippen MR) is 129 cm³/mol. The maximum Gasteiger partial charge on any atom is 0.258 e. The van der Waals surface area contributed by atoms with Crippen molar-refractivity contribution in [2.75, 3.05) is 12.4 Å². The van der Waals surface area contributed by atoms with Crippen molar-refractivity contribution in [1.82, 2.24) is 4.98 Å². The van der Waals surface area contributed by atoms with E-state index in [1.54, 1.807) is 7.11 Å². The van der Waals surface area contributed by atoms with Crippen molar-refractivity contribution >= 4 is 99.4 Å². The van der Waals surface area contributed by atoms with E-state index in [-0.39, 0.29) is 5.91 Å². The number of anilines is 1. The van der Waals surface area contributed by atoms with Crippen LogP contribution >= 0.6 is 88.4 Å². The van der Waals surface area contributed by atoms with Gasteiger partial charge in [0.2, 0.25) is 0 Å². The Balaban J connectivity index is 1.83.